The average molecular weight is 289 g/mol. The lowest BCUT2D eigenvalue weighted by Crippen LogP contribution is -2.47. The topological polar surface area (TPSA) is 33.0 Å². The molecule has 0 heterocycles. The summed E-state index contributed by atoms with van der Waals surface area (Å²) in [5, 5.41) is 9.38. The van der Waals surface area contributed by atoms with Crippen LogP contribution in [0.5, 0.6) is 0 Å². The van der Waals surface area contributed by atoms with Crippen molar-refractivity contribution in [3.8, 4) is 6.07 Å². The van der Waals surface area contributed by atoms with Gasteiger partial charge in [-0.25, -0.2) is 0 Å². The maximum atomic E-state index is 9.38. The van der Waals surface area contributed by atoms with Crippen LogP contribution in [0, 0.1) is 17.2 Å². The zero-order valence-electron chi connectivity index (χ0n) is 14.2. The van der Waals surface area contributed by atoms with E-state index in [0.717, 1.165) is 16.5 Å². The summed E-state index contributed by atoms with van der Waals surface area (Å²) in [6.07, 6.45) is 0.336. The molecule has 0 spiro atoms. The van der Waals surface area contributed by atoms with Crippen LogP contribution in [-0.2, 0) is 4.74 Å². The van der Waals surface area contributed by atoms with Crippen LogP contribution in [0.3, 0.4) is 0 Å². The Morgan fingerprint density at radius 2 is 1.67 bits per heavy atom. The normalized spacial score (nSPS) is 16.3. The minimum absolute atomic E-state index is 0.0744. The molecule has 0 bridgehead atoms. The number of hydrogen-bond acceptors (Lipinski definition) is 2. The second kappa shape index (κ2) is 7.59. The van der Waals surface area contributed by atoms with E-state index in [4.69, 9.17) is 4.74 Å². The SMILES string of the molecule is CC(C)C[C@H](C#N)O[C@H](c1ccccc1)[C@H](C)[N+](C)(C)C. The Morgan fingerprint density at radius 1 is 1.10 bits per heavy atom. The molecular formula is C18H29N2O+. The highest BCUT2D eigenvalue weighted by Gasteiger charge is 2.32. The standard InChI is InChI=1S/C18H29N2O/c1-14(2)12-17(13-19)21-18(15(3)20(4,5)6)16-10-8-7-9-11-16/h7-11,14-15,17-18H,12H2,1-6H3/q+1/t15-,17+,18-/m0/s1. The number of nitriles is 1. The van der Waals surface area contributed by atoms with E-state index in [2.05, 4.69) is 60.1 Å². The van der Waals surface area contributed by atoms with Gasteiger partial charge in [-0.15, -0.1) is 0 Å². The first-order valence-corrected chi connectivity index (χ1v) is 7.66. The highest BCUT2D eigenvalue weighted by atomic mass is 16.5. The zero-order valence-corrected chi connectivity index (χ0v) is 14.2. The molecule has 0 radical (unpaired) electrons. The first kappa shape index (κ1) is 17.7. The molecule has 21 heavy (non-hydrogen) atoms. The predicted octanol–water partition coefficient (Wildman–Crippen LogP) is 3.78. The van der Waals surface area contributed by atoms with Crippen molar-refractivity contribution < 1.29 is 9.22 Å². The molecule has 0 saturated heterocycles. The zero-order chi connectivity index (χ0) is 16.0. The van der Waals surface area contributed by atoms with Gasteiger partial charge in [0.25, 0.3) is 0 Å². The number of hydrogen-bond donors (Lipinski definition) is 0. The van der Waals surface area contributed by atoms with Gasteiger partial charge in [0, 0.05) is 0 Å². The maximum Gasteiger partial charge on any atom is 0.145 e. The van der Waals surface area contributed by atoms with Crippen molar-refractivity contribution in [2.24, 2.45) is 5.92 Å². The fourth-order valence-electron chi connectivity index (χ4n) is 2.26. The summed E-state index contributed by atoms with van der Waals surface area (Å²) in [5.74, 6) is 0.450. The number of likely N-dealkylation sites (N-methyl/N-ethyl adjacent to an activating group) is 1. The molecule has 3 nitrogen and oxygen atoms in total. The van der Waals surface area contributed by atoms with Crippen molar-refractivity contribution in [1.82, 2.24) is 0 Å². The van der Waals surface area contributed by atoms with Gasteiger partial charge in [0.05, 0.1) is 27.2 Å². The summed E-state index contributed by atoms with van der Waals surface area (Å²) in [5.41, 5.74) is 1.14. The van der Waals surface area contributed by atoms with Crippen LogP contribution in [-0.4, -0.2) is 37.8 Å². The van der Waals surface area contributed by atoms with Crippen LogP contribution in [0.25, 0.3) is 0 Å². The molecule has 1 rings (SSSR count). The molecule has 116 valence electrons. The Morgan fingerprint density at radius 3 is 2.10 bits per heavy atom. The Balaban J connectivity index is 3.01. The molecule has 0 aromatic heterocycles. The Labute approximate surface area is 129 Å². The van der Waals surface area contributed by atoms with Gasteiger partial charge in [-0.3, -0.25) is 0 Å². The van der Waals surface area contributed by atoms with Crippen molar-refractivity contribution in [1.29, 1.82) is 5.26 Å². The van der Waals surface area contributed by atoms with Gasteiger partial charge in [0.2, 0.25) is 0 Å². The van der Waals surface area contributed by atoms with E-state index in [0.29, 0.717) is 5.92 Å². The maximum absolute atomic E-state index is 9.38. The molecule has 0 aliphatic rings. The highest BCUT2D eigenvalue weighted by Crippen LogP contribution is 2.29. The minimum atomic E-state index is -0.357. The number of ether oxygens (including phenoxy) is 1. The Kier molecular flexibility index (Phi) is 6.39. The van der Waals surface area contributed by atoms with Gasteiger partial charge in [0.15, 0.2) is 0 Å². The highest BCUT2D eigenvalue weighted by molar-refractivity contribution is 5.19. The van der Waals surface area contributed by atoms with Gasteiger partial charge >= 0.3 is 0 Å². The molecule has 0 saturated carbocycles. The molecule has 0 amide bonds. The monoisotopic (exact) mass is 289 g/mol. The number of quaternary nitrogens is 1. The summed E-state index contributed by atoms with van der Waals surface area (Å²) >= 11 is 0. The van der Waals surface area contributed by atoms with Crippen LogP contribution >= 0.6 is 0 Å². The lowest BCUT2D eigenvalue weighted by atomic mass is 10.00. The summed E-state index contributed by atoms with van der Waals surface area (Å²) in [4.78, 5) is 0. The van der Waals surface area contributed by atoms with E-state index < -0.39 is 0 Å². The Bertz CT molecular complexity index is 456. The second-order valence-electron chi connectivity index (χ2n) is 7.07. The van der Waals surface area contributed by atoms with Crippen LogP contribution in [0.4, 0.5) is 0 Å². The molecule has 1 aromatic rings. The molecule has 1 aromatic carbocycles. The molecule has 3 heteroatoms. The van der Waals surface area contributed by atoms with Crippen LogP contribution in [0.15, 0.2) is 30.3 Å². The smallest absolute Gasteiger partial charge is 0.145 e. The first-order chi connectivity index (χ1) is 9.75. The molecule has 0 aliphatic carbocycles. The molecular weight excluding hydrogens is 260 g/mol. The van der Waals surface area contributed by atoms with E-state index >= 15 is 0 Å². The third-order valence-corrected chi connectivity index (χ3v) is 3.93. The average Bonchev–Trinajstić information content (AvgIpc) is 2.42. The van der Waals surface area contributed by atoms with E-state index in [9.17, 15) is 5.26 Å². The molecule has 0 fully saturated rings. The quantitative estimate of drug-likeness (QED) is 0.716. The van der Waals surface area contributed by atoms with Crippen LogP contribution in [0.2, 0.25) is 0 Å². The van der Waals surface area contributed by atoms with Crippen molar-refractivity contribution in [2.45, 2.75) is 45.4 Å². The third-order valence-electron chi connectivity index (χ3n) is 3.93. The van der Waals surface area contributed by atoms with E-state index in [1.54, 1.807) is 0 Å². The van der Waals surface area contributed by atoms with Gasteiger partial charge < -0.3 is 9.22 Å². The number of benzene rings is 1. The van der Waals surface area contributed by atoms with Crippen LogP contribution in [0.1, 0.15) is 38.9 Å². The fourth-order valence-corrected chi connectivity index (χ4v) is 2.26. The van der Waals surface area contributed by atoms with Crippen molar-refractivity contribution in [3.63, 3.8) is 0 Å². The minimum Gasteiger partial charge on any atom is -0.349 e. The summed E-state index contributed by atoms with van der Waals surface area (Å²) < 4.78 is 7.00. The third kappa shape index (κ3) is 5.49. The summed E-state index contributed by atoms with van der Waals surface area (Å²) in [6, 6.07) is 12.8. The summed E-state index contributed by atoms with van der Waals surface area (Å²) in [7, 11) is 6.48. The van der Waals surface area contributed by atoms with Crippen molar-refractivity contribution in [3.05, 3.63) is 35.9 Å². The summed E-state index contributed by atoms with van der Waals surface area (Å²) in [6.45, 7) is 6.42. The van der Waals surface area contributed by atoms with Gasteiger partial charge in [-0.2, -0.15) is 5.26 Å². The fraction of sp³-hybridized carbons (Fsp3) is 0.611. The lowest BCUT2D eigenvalue weighted by molar-refractivity contribution is -0.898. The van der Waals surface area contributed by atoms with E-state index in [1.165, 1.54) is 0 Å². The lowest BCUT2D eigenvalue weighted by Gasteiger charge is -2.37. The van der Waals surface area contributed by atoms with Crippen LogP contribution < -0.4 is 0 Å². The van der Waals surface area contributed by atoms with E-state index in [1.807, 2.05) is 18.2 Å². The molecule has 0 unspecified atom stereocenters. The second-order valence-corrected chi connectivity index (χ2v) is 7.07. The van der Waals surface area contributed by atoms with Gasteiger partial charge in [-0.1, -0.05) is 44.2 Å². The van der Waals surface area contributed by atoms with Gasteiger partial charge in [-0.05, 0) is 24.8 Å². The Hall–Kier alpha value is -1.37. The molecule has 0 N–H and O–H groups in total. The molecule has 3 atom stereocenters. The number of nitrogens with zero attached hydrogens (tertiary/aromatic N) is 2. The molecule has 0 aliphatic heterocycles. The van der Waals surface area contributed by atoms with Crippen molar-refractivity contribution >= 4 is 0 Å². The van der Waals surface area contributed by atoms with Gasteiger partial charge in [0.1, 0.15) is 18.2 Å². The largest absolute Gasteiger partial charge is 0.349 e. The first-order valence-electron chi connectivity index (χ1n) is 7.66. The van der Waals surface area contributed by atoms with Crippen molar-refractivity contribution in [2.75, 3.05) is 21.1 Å². The van der Waals surface area contributed by atoms with E-state index in [-0.39, 0.29) is 18.2 Å². The predicted molar refractivity (Wildman–Crippen MR) is 86.6 cm³/mol. The number of rotatable bonds is 7.